The number of anilines is 1. The lowest BCUT2D eigenvalue weighted by molar-refractivity contribution is 0.102. The van der Waals surface area contributed by atoms with Gasteiger partial charge in [0.1, 0.15) is 5.69 Å². The lowest BCUT2D eigenvalue weighted by Gasteiger charge is -2.10. The summed E-state index contributed by atoms with van der Waals surface area (Å²) in [6, 6.07) is 14.4. The van der Waals surface area contributed by atoms with E-state index in [0.717, 1.165) is 21.8 Å². The van der Waals surface area contributed by atoms with Gasteiger partial charge in [0.2, 0.25) is 0 Å². The number of benzene rings is 2. The van der Waals surface area contributed by atoms with E-state index in [1.807, 2.05) is 25.3 Å². The van der Waals surface area contributed by atoms with Gasteiger partial charge < -0.3 is 5.32 Å². The van der Waals surface area contributed by atoms with Gasteiger partial charge in [0.05, 0.1) is 33.9 Å². The Morgan fingerprint density at radius 3 is 2.87 bits per heavy atom. The fourth-order valence-electron chi connectivity index (χ4n) is 2.89. The highest BCUT2D eigenvalue weighted by Gasteiger charge is 2.13. The van der Waals surface area contributed by atoms with E-state index in [9.17, 15) is 4.79 Å². The lowest BCUT2D eigenvalue weighted by atomic mass is 10.1. The van der Waals surface area contributed by atoms with Crippen LogP contribution in [0.3, 0.4) is 0 Å². The van der Waals surface area contributed by atoms with Crippen molar-refractivity contribution in [2.45, 2.75) is 6.92 Å². The summed E-state index contributed by atoms with van der Waals surface area (Å²) in [4.78, 5) is 17.8. The molecule has 0 unspecified atom stereocenters. The maximum atomic E-state index is 12.8. The highest BCUT2D eigenvalue weighted by molar-refractivity contribution is 7.13. The van der Waals surface area contributed by atoms with Crippen molar-refractivity contribution in [2.75, 3.05) is 5.32 Å². The van der Waals surface area contributed by atoms with Crippen LogP contribution < -0.4 is 5.32 Å². The summed E-state index contributed by atoms with van der Waals surface area (Å²) in [7, 11) is 0. The largest absolute Gasteiger partial charge is 0.322 e. The third-order valence-electron chi connectivity index (χ3n) is 4.50. The molecule has 2 aromatic carbocycles. The number of nitrogens with one attached hydrogen (secondary N) is 1. The lowest BCUT2D eigenvalue weighted by Crippen LogP contribution is -2.13. The summed E-state index contributed by atoms with van der Waals surface area (Å²) in [6.07, 6.45) is 3.55. The molecule has 0 radical (unpaired) electrons. The number of hydrogen-bond acceptors (Lipinski definition) is 6. The molecule has 146 valence electrons. The first-order chi connectivity index (χ1) is 14.5. The molecule has 1 amide bonds. The van der Waals surface area contributed by atoms with Crippen LogP contribution in [0.1, 0.15) is 21.5 Å². The fourth-order valence-corrected chi connectivity index (χ4v) is 3.46. The summed E-state index contributed by atoms with van der Waals surface area (Å²) >= 11 is 1.49. The summed E-state index contributed by atoms with van der Waals surface area (Å²) in [5.74, 6) is -0.265. The number of amides is 1. The molecule has 0 aliphatic carbocycles. The molecule has 0 saturated carbocycles. The second kappa shape index (κ2) is 8.11. The Balaban J connectivity index is 1.60. The number of thiazole rings is 1. The number of carbonyl (C=O) groups is 1. The zero-order valence-electron chi connectivity index (χ0n) is 16.0. The van der Waals surface area contributed by atoms with Crippen molar-refractivity contribution in [2.24, 2.45) is 0 Å². The Labute approximate surface area is 176 Å². The van der Waals surface area contributed by atoms with Gasteiger partial charge in [-0.3, -0.25) is 9.78 Å². The van der Waals surface area contributed by atoms with Crippen molar-refractivity contribution in [1.29, 1.82) is 5.26 Å². The first-order valence-corrected chi connectivity index (χ1v) is 9.86. The number of rotatable bonds is 5. The van der Waals surface area contributed by atoms with Crippen LogP contribution in [0.5, 0.6) is 0 Å². The predicted molar refractivity (Wildman–Crippen MR) is 116 cm³/mol. The summed E-state index contributed by atoms with van der Waals surface area (Å²) in [5, 5.41) is 20.3. The molecule has 30 heavy (non-hydrogen) atoms. The Kier molecular flexibility index (Phi) is 5.20. The quantitative estimate of drug-likeness (QED) is 0.487. The Hall–Kier alpha value is -4.09. The second-order valence-corrected chi connectivity index (χ2v) is 7.43. The zero-order chi connectivity index (χ0) is 21.1. The van der Waals surface area contributed by atoms with Crippen LogP contribution in [-0.2, 0) is 0 Å². The number of nitrogens with zero attached hydrogens (tertiary/aromatic N) is 5. The van der Waals surface area contributed by atoms with Crippen LogP contribution in [-0.4, -0.2) is 25.9 Å². The molecule has 0 aliphatic heterocycles. The maximum Gasteiger partial charge on any atom is 0.255 e. The molecule has 0 spiro atoms. The molecule has 0 aliphatic rings. The van der Waals surface area contributed by atoms with Crippen molar-refractivity contribution in [3.63, 3.8) is 0 Å². The van der Waals surface area contributed by atoms with E-state index in [-0.39, 0.29) is 5.91 Å². The van der Waals surface area contributed by atoms with Gasteiger partial charge in [-0.25, -0.2) is 4.68 Å². The van der Waals surface area contributed by atoms with Gasteiger partial charge in [0.15, 0.2) is 0 Å². The van der Waals surface area contributed by atoms with Crippen molar-refractivity contribution < 1.29 is 4.79 Å². The molecule has 0 atom stereocenters. The van der Waals surface area contributed by atoms with Crippen molar-refractivity contribution in [1.82, 2.24) is 20.0 Å². The van der Waals surface area contributed by atoms with Crippen molar-refractivity contribution >= 4 is 28.5 Å². The number of aryl methyl sites for hydroxylation is 1. The molecule has 1 N–H and O–H groups in total. The third kappa shape index (κ3) is 3.87. The average molecular weight is 412 g/mol. The van der Waals surface area contributed by atoms with Crippen LogP contribution in [0.25, 0.3) is 21.8 Å². The molecule has 7 nitrogen and oxygen atoms in total. The zero-order valence-corrected chi connectivity index (χ0v) is 16.8. The van der Waals surface area contributed by atoms with Gasteiger partial charge in [0.25, 0.3) is 5.91 Å². The predicted octanol–water partition coefficient (Wildman–Crippen LogP) is 4.49. The van der Waals surface area contributed by atoms with Crippen molar-refractivity contribution in [3.05, 3.63) is 83.6 Å². The van der Waals surface area contributed by atoms with Gasteiger partial charge in [-0.15, -0.1) is 16.4 Å². The third-order valence-corrected chi connectivity index (χ3v) is 5.30. The topological polar surface area (TPSA) is 96.5 Å². The van der Waals surface area contributed by atoms with Crippen LogP contribution in [0.15, 0.2) is 66.9 Å². The Morgan fingerprint density at radius 1 is 1.23 bits per heavy atom. The summed E-state index contributed by atoms with van der Waals surface area (Å²) in [6.45, 7) is 5.65. The molecule has 2 heterocycles. The standard InChI is InChI=1S/C22H16N6OS/c1-14-6-7-17(22(29)25-18-5-3-4-16(8-18)15(2)10-23)9-20(14)28-12-19(26-27-28)21-11-24-13-30-21/h3-9,11-13H,2H2,1H3,(H,25,29). The maximum absolute atomic E-state index is 12.8. The Bertz CT molecular complexity index is 1280. The van der Waals surface area contributed by atoms with Gasteiger partial charge in [-0.2, -0.15) is 5.26 Å². The van der Waals surface area contributed by atoms with Gasteiger partial charge in [0, 0.05) is 17.4 Å². The van der Waals surface area contributed by atoms with E-state index >= 15 is 0 Å². The fraction of sp³-hybridized carbons (Fsp3) is 0.0455. The van der Waals surface area contributed by atoms with E-state index in [1.165, 1.54) is 11.3 Å². The van der Waals surface area contributed by atoms with Gasteiger partial charge in [-0.1, -0.05) is 30.0 Å². The van der Waals surface area contributed by atoms with Gasteiger partial charge >= 0.3 is 0 Å². The van der Waals surface area contributed by atoms with E-state index < -0.39 is 0 Å². The van der Waals surface area contributed by atoms with Crippen molar-refractivity contribution in [3.8, 4) is 22.3 Å². The molecule has 0 saturated heterocycles. The van der Waals surface area contributed by atoms with Crippen LogP contribution >= 0.6 is 11.3 Å². The SMILES string of the molecule is C=C(C#N)c1cccc(NC(=O)c2ccc(C)c(-n3cc(-c4cncs4)nn3)c2)c1. The van der Waals surface area contributed by atoms with Crippen LogP contribution in [0.2, 0.25) is 0 Å². The normalized spacial score (nSPS) is 10.4. The van der Waals surface area contributed by atoms with E-state index in [0.29, 0.717) is 22.4 Å². The van der Waals surface area contributed by atoms with E-state index in [1.54, 1.807) is 52.8 Å². The molecular formula is C22H16N6OS. The average Bonchev–Trinajstić information content (AvgIpc) is 3.45. The second-order valence-electron chi connectivity index (χ2n) is 6.54. The minimum atomic E-state index is -0.265. The highest BCUT2D eigenvalue weighted by Crippen LogP contribution is 2.23. The van der Waals surface area contributed by atoms with E-state index in [2.05, 4.69) is 27.2 Å². The number of hydrogen-bond donors (Lipinski definition) is 1. The first kappa shape index (κ1) is 19.2. The number of aromatic nitrogens is 4. The number of carbonyl (C=O) groups excluding carboxylic acids is 1. The van der Waals surface area contributed by atoms with Gasteiger partial charge in [-0.05, 0) is 42.3 Å². The Morgan fingerprint density at radius 2 is 2.10 bits per heavy atom. The molecule has 4 rings (SSSR count). The first-order valence-electron chi connectivity index (χ1n) is 8.98. The number of nitriles is 1. The molecular weight excluding hydrogens is 396 g/mol. The highest BCUT2D eigenvalue weighted by atomic mass is 32.1. The van der Waals surface area contributed by atoms with E-state index in [4.69, 9.17) is 5.26 Å². The summed E-state index contributed by atoms with van der Waals surface area (Å²) < 4.78 is 1.65. The monoisotopic (exact) mass is 412 g/mol. The molecule has 8 heteroatoms. The number of allylic oxidation sites excluding steroid dienone is 1. The van der Waals surface area contributed by atoms with Crippen LogP contribution in [0.4, 0.5) is 5.69 Å². The summed E-state index contributed by atoms with van der Waals surface area (Å²) in [5.41, 5.74) is 6.26. The van der Waals surface area contributed by atoms with Crippen LogP contribution in [0, 0.1) is 18.3 Å². The minimum absolute atomic E-state index is 0.265. The molecule has 4 aromatic rings. The smallest absolute Gasteiger partial charge is 0.255 e. The molecule has 2 aromatic heterocycles. The minimum Gasteiger partial charge on any atom is -0.322 e. The molecule has 0 fully saturated rings. The molecule has 0 bridgehead atoms.